The fourth-order valence-corrected chi connectivity index (χ4v) is 3.65. The van der Waals surface area contributed by atoms with Crippen LogP contribution in [0, 0.1) is 17.7 Å². The molecule has 1 radical (unpaired) electrons. The van der Waals surface area contributed by atoms with Crippen LogP contribution in [0.25, 0.3) is 0 Å². The summed E-state index contributed by atoms with van der Waals surface area (Å²) in [6.07, 6.45) is 1.96. The van der Waals surface area contributed by atoms with E-state index < -0.39 is 11.7 Å². The van der Waals surface area contributed by atoms with E-state index >= 15 is 0 Å². The van der Waals surface area contributed by atoms with E-state index in [4.69, 9.17) is 10.5 Å². The predicted molar refractivity (Wildman–Crippen MR) is 110 cm³/mol. The third kappa shape index (κ3) is 4.49. The summed E-state index contributed by atoms with van der Waals surface area (Å²) in [5.74, 6) is -1.07. The Morgan fingerprint density at radius 3 is 2.53 bits per heavy atom. The second-order valence-electron chi connectivity index (χ2n) is 7.24. The topological polar surface area (TPSA) is 55.6 Å². The minimum Gasteiger partial charge on any atom is -0.454 e. The summed E-state index contributed by atoms with van der Waals surface area (Å²) in [4.78, 5) is 13.4. The third-order valence-electron chi connectivity index (χ3n) is 5.12. The minimum atomic E-state index is -0.693. The average molecular weight is 407 g/mol. The number of halogens is 2. The molecule has 3 aromatic carbocycles. The summed E-state index contributed by atoms with van der Waals surface area (Å²) in [7, 11) is 0. The predicted octanol–water partition coefficient (Wildman–Crippen LogP) is 5.03. The minimum absolute atomic E-state index is 0.0222. The molecule has 0 atom stereocenters. The van der Waals surface area contributed by atoms with Crippen molar-refractivity contribution in [1.29, 1.82) is 0 Å². The number of benzene rings is 3. The Morgan fingerprint density at radius 1 is 1.03 bits per heavy atom. The van der Waals surface area contributed by atoms with Gasteiger partial charge in [-0.15, -0.1) is 0 Å². The zero-order chi connectivity index (χ0) is 21.1. The molecule has 4 rings (SSSR count). The number of nitrogens with zero attached hydrogens (tertiary/aromatic N) is 1. The van der Waals surface area contributed by atoms with Crippen molar-refractivity contribution in [1.82, 2.24) is 4.90 Å². The molecule has 3 aromatic rings. The first kappa shape index (κ1) is 20.0. The van der Waals surface area contributed by atoms with Crippen molar-refractivity contribution in [3.8, 4) is 11.5 Å². The smallest absolute Gasteiger partial charge is 0.248 e. The van der Waals surface area contributed by atoms with E-state index in [1.807, 2.05) is 18.2 Å². The summed E-state index contributed by atoms with van der Waals surface area (Å²) in [5, 5.41) is 0. The highest BCUT2D eigenvalue weighted by Crippen LogP contribution is 2.33. The number of carbonyl (C=O) groups excluding carboxylic acids is 1. The van der Waals surface area contributed by atoms with Crippen molar-refractivity contribution < 1.29 is 18.3 Å². The number of hydrogen-bond acceptors (Lipinski definition) is 3. The van der Waals surface area contributed by atoms with Gasteiger partial charge in [-0.05, 0) is 73.0 Å². The van der Waals surface area contributed by atoms with Crippen LogP contribution in [0.15, 0.2) is 66.7 Å². The fourth-order valence-electron chi connectivity index (χ4n) is 3.65. The quantitative estimate of drug-likeness (QED) is 0.623. The van der Waals surface area contributed by atoms with E-state index in [1.165, 1.54) is 18.2 Å². The molecule has 1 aliphatic rings. The number of hydrogen-bond donors (Lipinski definition) is 1. The molecule has 2 N–H and O–H groups in total. The first-order valence-electron chi connectivity index (χ1n) is 9.72. The van der Waals surface area contributed by atoms with Crippen molar-refractivity contribution >= 4 is 5.91 Å². The molecule has 1 aliphatic heterocycles. The van der Waals surface area contributed by atoms with Gasteiger partial charge in [-0.25, -0.2) is 8.78 Å². The third-order valence-corrected chi connectivity index (χ3v) is 5.12. The molecule has 0 aliphatic carbocycles. The van der Waals surface area contributed by atoms with Gasteiger partial charge in [0.25, 0.3) is 0 Å². The molecule has 30 heavy (non-hydrogen) atoms. The Kier molecular flexibility index (Phi) is 5.77. The van der Waals surface area contributed by atoms with Gasteiger partial charge >= 0.3 is 0 Å². The van der Waals surface area contributed by atoms with Crippen molar-refractivity contribution in [2.45, 2.75) is 19.4 Å². The molecule has 153 valence electrons. The van der Waals surface area contributed by atoms with E-state index in [0.717, 1.165) is 42.6 Å². The largest absolute Gasteiger partial charge is 0.454 e. The maximum Gasteiger partial charge on any atom is 0.248 e. The maximum atomic E-state index is 14.1. The van der Waals surface area contributed by atoms with Gasteiger partial charge in [-0.2, -0.15) is 0 Å². The van der Waals surface area contributed by atoms with E-state index in [0.29, 0.717) is 12.3 Å². The molecule has 1 amide bonds. The fraction of sp³-hybridized carbons (Fsp3) is 0.167. The van der Waals surface area contributed by atoms with Crippen molar-refractivity contribution in [2.75, 3.05) is 6.54 Å². The Hall–Kier alpha value is -3.25. The monoisotopic (exact) mass is 407 g/mol. The lowest BCUT2D eigenvalue weighted by atomic mass is 10.0. The lowest BCUT2D eigenvalue weighted by Crippen LogP contribution is -2.23. The molecule has 0 unspecified atom stereocenters. The molecule has 0 bridgehead atoms. The van der Waals surface area contributed by atoms with Gasteiger partial charge in [0.05, 0.1) is 6.04 Å². The van der Waals surface area contributed by atoms with Crippen molar-refractivity contribution in [2.24, 2.45) is 5.73 Å². The van der Waals surface area contributed by atoms with Gasteiger partial charge < -0.3 is 10.5 Å². The molecule has 1 saturated heterocycles. The van der Waals surface area contributed by atoms with E-state index in [1.54, 1.807) is 24.3 Å². The van der Waals surface area contributed by atoms with Crippen LogP contribution < -0.4 is 10.5 Å². The molecular formula is C24H21F2N2O2. The van der Waals surface area contributed by atoms with Crippen LogP contribution in [-0.4, -0.2) is 17.4 Å². The van der Waals surface area contributed by atoms with Crippen molar-refractivity contribution in [3.63, 3.8) is 0 Å². The number of likely N-dealkylation sites (tertiary alicyclic amines) is 1. The SMILES string of the molecule is NC(=O)c1ccc(Oc2ccc(CN3CCC[C]3c3cccc(F)c3)cc2)c(F)c1. The number of ether oxygens (including phenoxy) is 1. The Labute approximate surface area is 173 Å². The van der Waals surface area contributed by atoms with Gasteiger partial charge in [0.15, 0.2) is 11.6 Å². The highest BCUT2D eigenvalue weighted by molar-refractivity contribution is 5.92. The van der Waals surface area contributed by atoms with Gasteiger partial charge in [0.1, 0.15) is 11.6 Å². The first-order valence-corrected chi connectivity index (χ1v) is 9.72. The summed E-state index contributed by atoms with van der Waals surface area (Å²) in [6, 6.07) is 19.1. The second kappa shape index (κ2) is 8.63. The van der Waals surface area contributed by atoms with Gasteiger partial charge in [-0.3, -0.25) is 9.69 Å². The van der Waals surface area contributed by atoms with E-state index in [2.05, 4.69) is 4.90 Å². The van der Waals surface area contributed by atoms with Gasteiger partial charge in [-0.1, -0.05) is 24.3 Å². The molecule has 0 aromatic heterocycles. The van der Waals surface area contributed by atoms with E-state index in [9.17, 15) is 13.6 Å². The molecule has 6 heteroatoms. The zero-order valence-corrected chi connectivity index (χ0v) is 16.3. The van der Waals surface area contributed by atoms with Crippen LogP contribution in [0.2, 0.25) is 0 Å². The number of amides is 1. The van der Waals surface area contributed by atoms with Crippen LogP contribution in [0.5, 0.6) is 11.5 Å². The first-order chi connectivity index (χ1) is 14.5. The Morgan fingerprint density at radius 2 is 1.83 bits per heavy atom. The molecule has 0 saturated carbocycles. The highest BCUT2D eigenvalue weighted by Gasteiger charge is 2.27. The van der Waals surface area contributed by atoms with Crippen LogP contribution in [0.1, 0.15) is 34.3 Å². The van der Waals surface area contributed by atoms with Crippen LogP contribution in [0.4, 0.5) is 8.78 Å². The summed E-state index contributed by atoms with van der Waals surface area (Å²) in [6.45, 7) is 1.62. The normalized spacial score (nSPS) is 14.7. The second-order valence-corrected chi connectivity index (χ2v) is 7.24. The summed E-state index contributed by atoms with van der Waals surface area (Å²) < 4.78 is 33.3. The summed E-state index contributed by atoms with van der Waals surface area (Å²) in [5.41, 5.74) is 7.23. The molecule has 1 fully saturated rings. The van der Waals surface area contributed by atoms with Gasteiger partial charge in [0.2, 0.25) is 5.91 Å². The number of rotatable bonds is 6. The van der Waals surface area contributed by atoms with Crippen LogP contribution in [0.3, 0.4) is 0 Å². The highest BCUT2D eigenvalue weighted by atomic mass is 19.1. The Bertz CT molecular complexity index is 1050. The molecule has 4 nitrogen and oxygen atoms in total. The number of nitrogens with two attached hydrogens (primary N) is 1. The Balaban J connectivity index is 1.43. The van der Waals surface area contributed by atoms with Crippen molar-refractivity contribution in [3.05, 3.63) is 101 Å². The number of carbonyl (C=O) groups is 1. The number of primary amides is 1. The average Bonchev–Trinajstić information content (AvgIpc) is 3.19. The molecule has 1 heterocycles. The summed E-state index contributed by atoms with van der Waals surface area (Å²) >= 11 is 0. The van der Waals surface area contributed by atoms with Crippen LogP contribution >= 0.6 is 0 Å². The lowest BCUT2D eigenvalue weighted by molar-refractivity contribution is 0.1000. The molecular weight excluding hydrogens is 386 g/mol. The van der Waals surface area contributed by atoms with Gasteiger partial charge in [0, 0.05) is 12.1 Å². The van der Waals surface area contributed by atoms with Crippen LogP contribution in [-0.2, 0) is 6.54 Å². The maximum absolute atomic E-state index is 14.1. The lowest BCUT2D eigenvalue weighted by Gasteiger charge is -2.24. The standard InChI is InChI=1S/C24H21F2N2O2/c25-19-4-1-3-17(13-19)22-5-2-12-28(22)15-16-6-9-20(10-7-16)30-23-11-8-18(24(27)29)14-21(23)26/h1,3-4,6-11,13-14H,2,5,12,15H2,(H2,27,29). The molecule has 0 spiro atoms. The zero-order valence-electron chi connectivity index (χ0n) is 16.3. The van der Waals surface area contributed by atoms with E-state index in [-0.39, 0.29) is 17.1 Å².